The van der Waals surface area contributed by atoms with E-state index < -0.39 is 0 Å². The molecule has 1 unspecified atom stereocenters. The smallest absolute Gasteiger partial charge is 0.238 e. The number of hydrogen-bond acceptors (Lipinski definition) is 6. The molecule has 8 heteroatoms. The van der Waals surface area contributed by atoms with Crippen LogP contribution in [0.25, 0.3) is 0 Å². The maximum absolute atomic E-state index is 12.1. The summed E-state index contributed by atoms with van der Waals surface area (Å²) in [4.78, 5) is 26.1. The summed E-state index contributed by atoms with van der Waals surface area (Å²) in [7, 11) is 4.03. The van der Waals surface area contributed by atoms with Crippen molar-refractivity contribution in [1.82, 2.24) is 10.5 Å². The molecule has 0 bridgehead atoms. The van der Waals surface area contributed by atoms with Gasteiger partial charge in [0.25, 0.3) is 0 Å². The third-order valence-electron chi connectivity index (χ3n) is 4.13. The quantitative estimate of drug-likeness (QED) is 0.592. The third-order valence-corrected chi connectivity index (χ3v) is 5.27. The van der Waals surface area contributed by atoms with E-state index in [4.69, 9.17) is 4.52 Å². The molecule has 0 saturated heterocycles. The van der Waals surface area contributed by atoms with Crippen molar-refractivity contribution < 1.29 is 14.1 Å². The van der Waals surface area contributed by atoms with Crippen LogP contribution < -0.4 is 15.5 Å². The van der Waals surface area contributed by atoms with E-state index in [1.54, 1.807) is 19.9 Å². The Morgan fingerprint density at radius 3 is 2.57 bits per heavy atom. The number of hydrogen-bond donors (Lipinski definition) is 2. The predicted molar refractivity (Wildman–Crippen MR) is 114 cm³/mol. The largest absolute Gasteiger partial charge is 0.378 e. The molecule has 1 aromatic carbocycles. The van der Waals surface area contributed by atoms with E-state index in [1.165, 1.54) is 23.0 Å². The fourth-order valence-electron chi connectivity index (χ4n) is 2.46. The van der Waals surface area contributed by atoms with Gasteiger partial charge in [-0.2, -0.15) is 0 Å². The summed E-state index contributed by atoms with van der Waals surface area (Å²) in [6, 6.07) is 10.1. The number of rotatable bonds is 10. The Hall–Kier alpha value is -2.48. The van der Waals surface area contributed by atoms with Gasteiger partial charge >= 0.3 is 0 Å². The number of aromatic nitrogens is 1. The molecule has 0 radical (unpaired) electrons. The normalized spacial score (nSPS) is 11.7. The summed E-state index contributed by atoms with van der Waals surface area (Å²) in [5, 5.41) is 8.93. The molecule has 0 saturated carbocycles. The van der Waals surface area contributed by atoms with Gasteiger partial charge in [0.1, 0.15) is 5.76 Å². The molecule has 2 aromatic rings. The molecular formula is C20H28N4O3S. The first-order valence-corrected chi connectivity index (χ1v) is 10.3. The van der Waals surface area contributed by atoms with Crippen molar-refractivity contribution in [2.45, 2.75) is 31.9 Å². The zero-order valence-electron chi connectivity index (χ0n) is 16.8. The van der Waals surface area contributed by atoms with Crippen LogP contribution in [-0.2, 0) is 16.0 Å². The fraction of sp³-hybridized carbons (Fsp3) is 0.450. The maximum Gasteiger partial charge on any atom is 0.238 e. The second-order valence-corrected chi connectivity index (χ2v) is 8.11. The Labute approximate surface area is 170 Å². The average Bonchev–Trinajstić information content (AvgIpc) is 3.08. The summed E-state index contributed by atoms with van der Waals surface area (Å²) >= 11 is 1.29. The minimum atomic E-state index is -0.363. The third kappa shape index (κ3) is 7.26. The highest BCUT2D eigenvalue weighted by atomic mass is 32.2. The second-order valence-electron chi connectivity index (χ2n) is 6.78. The number of nitrogens with one attached hydrogen (secondary N) is 2. The van der Waals surface area contributed by atoms with Gasteiger partial charge in [0, 0.05) is 32.4 Å². The van der Waals surface area contributed by atoms with E-state index in [-0.39, 0.29) is 22.8 Å². The molecule has 152 valence electrons. The van der Waals surface area contributed by atoms with Crippen LogP contribution in [0, 0.1) is 6.92 Å². The van der Waals surface area contributed by atoms with Crippen LogP contribution in [0.4, 0.5) is 11.5 Å². The van der Waals surface area contributed by atoms with Gasteiger partial charge in [-0.15, -0.1) is 11.8 Å². The van der Waals surface area contributed by atoms with E-state index in [9.17, 15) is 9.59 Å². The Morgan fingerprint density at radius 1 is 1.25 bits per heavy atom. The number of carbonyl (C=O) groups excluding carboxylic acids is 2. The molecule has 1 heterocycles. The van der Waals surface area contributed by atoms with E-state index in [1.807, 2.05) is 14.1 Å². The van der Waals surface area contributed by atoms with Crippen molar-refractivity contribution >= 4 is 35.1 Å². The topological polar surface area (TPSA) is 87.5 Å². The van der Waals surface area contributed by atoms with Crippen LogP contribution in [0.1, 0.15) is 24.7 Å². The molecule has 0 aliphatic carbocycles. The van der Waals surface area contributed by atoms with Gasteiger partial charge in [-0.05, 0) is 44.4 Å². The maximum atomic E-state index is 12.1. The summed E-state index contributed by atoms with van der Waals surface area (Å²) in [6.45, 7) is 4.13. The monoisotopic (exact) mass is 404 g/mol. The molecular weight excluding hydrogens is 376 g/mol. The van der Waals surface area contributed by atoms with E-state index in [2.05, 4.69) is 45.0 Å². The lowest BCUT2D eigenvalue weighted by Gasteiger charge is -2.13. The minimum Gasteiger partial charge on any atom is -0.378 e. The number of anilines is 2. The summed E-state index contributed by atoms with van der Waals surface area (Å²) in [6.07, 6.45) is 1.79. The number of aryl methyl sites for hydroxylation is 2. The highest BCUT2D eigenvalue weighted by molar-refractivity contribution is 8.01. The Morgan fingerprint density at radius 2 is 1.96 bits per heavy atom. The number of nitrogens with zero attached hydrogens (tertiary/aromatic N) is 2. The molecule has 0 aliphatic rings. The van der Waals surface area contributed by atoms with Crippen LogP contribution in [0.5, 0.6) is 0 Å². The molecule has 1 aromatic heterocycles. The van der Waals surface area contributed by atoms with Crippen molar-refractivity contribution in [3.63, 3.8) is 0 Å². The lowest BCUT2D eigenvalue weighted by molar-refractivity contribution is -0.118. The lowest BCUT2D eigenvalue weighted by atomic mass is 10.1. The molecule has 2 N–H and O–H groups in total. The Kier molecular flexibility index (Phi) is 8.38. The number of thioether (sulfide) groups is 1. The zero-order chi connectivity index (χ0) is 20.5. The van der Waals surface area contributed by atoms with Gasteiger partial charge in [0.05, 0.1) is 11.0 Å². The van der Waals surface area contributed by atoms with Crippen molar-refractivity contribution in [2.24, 2.45) is 0 Å². The van der Waals surface area contributed by atoms with Crippen molar-refractivity contribution in [3.8, 4) is 0 Å². The SMILES string of the molecule is Cc1cc(NC(=O)C(C)SCC(=O)NCCCc2ccc(N(C)C)cc2)no1. The van der Waals surface area contributed by atoms with Crippen LogP contribution in [0.3, 0.4) is 0 Å². The molecule has 1 atom stereocenters. The first-order chi connectivity index (χ1) is 13.3. The number of carbonyl (C=O) groups is 2. The average molecular weight is 405 g/mol. The predicted octanol–water partition coefficient (Wildman–Crippen LogP) is 2.86. The summed E-state index contributed by atoms with van der Waals surface area (Å²) in [5.74, 6) is 0.989. The van der Waals surface area contributed by atoms with Gasteiger partial charge in [-0.3, -0.25) is 9.59 Å². The number of benzene rings is 1. The van der Waals surface area contributed by atoms with Gasteiger partial charge in [-0.1, -0.05) is 17.3 Å². The fourth-order valence-corrected chi connectivity index (χ4v) is 3.18. The second kappa shape index (κ2) is 10.8. The highest BCUT2D eigenvalue weighted by Crippen LogP contribution is 2.15. The van der Waals surface area contributed by atoms with E-state index in [0.29, 0.717) is 18.1 Å². The summed E-state index contributed by atoms with van der Waals surface area (Å²) in [5.41, 5.74) is 2.42. The first kappa shape index (κ1) is 21.8. The van der Waals surface area contributed by atoms with Crippen LogP contribution in [0.2, 0.25) is 0 Å². The standard InChI is InChI=1S/C20H28N4O3S/c1-14-12-18(23-27-14)22-20(26)15(2)28-13-19(25)21-11-5-6-16-7-9-17(10-8-16)24(3)4/h7-10,12,15H,5-6,11,13H2,1-4H3,(H,21,25)(H,22,23,26). The van der Waals surface area contributed by atoms with Gasteiger partial charge < -0.3 is 20.1 Å². The zero-order valence-corrected chi connectivity index (χ0v) is 17.6. The van der Waals surface area contributed by atoms with Crippen molar-refractivity contribution in [2.75, 3.05) is 36.6 Å². The Bertz CT molecular complexity index is 774. The highest BCUT2D eigenvalue weighted by Gasteiger charge is 2.16. The molecule has 2 amide bonds. The molecule has 0 spiro atoms. The first-order valence-electron chi connectivity index (χ1n) is 9.24. The van der Waals surface area contributed by atoms with Crippen LogP contribution in [-0.4, -0.2) is 48.6 Å². The van der Waals surface area contributed by atoms with Crippen LogP contribution >= 0.6 is 11.8 Å². The van der Waals surface area contributed by atoms with Crippen molar-refractivity contribution in [3.05, 3.63) is 41.7 Å². The lowest BCUT2D eigenvalue weighted by Crippen LogP contribution is -2.29. The number of amides is 2. The summed E-state index contributed by atoms with van der Waals surface area (Å²) < 4.78 is 4.91. The molecule has 0 aliphatic heterocycles. The Balaban J connectivity index is 1.60. The van der Waals surface area contributed by atoms with Crippen LogP contribution in [0.15, 0.2) is 34.9 Å². The van der Waals surface area contributed by atoms with Gasteiger partial charge in [0.2, 0.25) is 11.8 Å². The van der Waals surface area contributed by atoms with Gasteiger partial charge in [-0.25, -0.2) is 0 Å². The molecule has 7 nitrogen and oxygen atoms in total. The van der Waals surface area contributed by atoms with Crippen molar-refractivity contribution in [1.29, 1.82) is 0 Å². The van der Waals surface area contributed by atoms with E-state index >= 15 is 0 Å². The molecule has 0 fully saturated rings. The molecule has 28 heavy (non-hydrogen) atoms. The van der Waals surface area contributed by atoms with E-state index in [0.717, 1.165) is 12.8 Å². The van der Waals surface area contributed by atoms with Gasteiger partial charge in [0.15, 0.2) is 5.82 Å². The molecule has 2 rings (SSSR count). The minimum absolute atomic E-state index is 0.0649.